The third-order valence-electron chi connectivity index (χ3n) is 4.61. The Morgan fingerprint density at radius 1 is 1.19 bits per heavy atom. The first-order chi connectivity index (χ1) is 12.9. The van der Waals surface area contributed by atoms with E-state index in [2.05, 4.69) is 10.1 Å². The summed E-state index contributed by atoms with van der Waals surface area (Å²) >= 11 is 0. The maximum Gasteiger partial charge on any atom is 0.337 e. The maximum absolute atomic E-state index is 14.3. The number of anilines is 1. The highest BCUT2D eigenvalue weighted by molar-refractivity contribution is 6.05. The van der Waals surface area contributed by atoms with Gasteiger partial charge in [-0.15, -0.1) is 0 Å². The molecule has 3 rings (SSSR count). The lowest BCUT2D eigenvalue weighted by molar-refractivity contribution is -0.119. The van der Waals surface area contributed by atoms with Crippen LogP contribution in [0.15, 0.2) is 36.4 Å². The van der Waals surface area contributed by atoms with E-state index in [9.17, 15) is 18.8 Å². The van der Waals surface area contributed by atoms with Crippen molar-refractivity contribution in [1.82, 2.24) is 0 Å². The van der Waals surface area contributed by atoms with Crippen molar-refractivity contribution in [3.8, 4) is 0 Å². The summed E-state index contributed by atoms with van der Waals surface area (Å²) in [7, 11) is 1.26. The first-order valence-corrected chi connectivity index (χ1v) is 8.70. The number of amides is 1. The molecule has 0 heterocycles. The Kier molecular flexibility index (Phi) is 5.35. The lowest BCUT2D eigenvalue weighted by atomic mass is 9.98. The number of rotatable bonds is 6. The molecule has 0 saturated heterocycles. The maximum atomic E-state index is 14.3. The Bertz CT molecular complexity index is 918. The average Bonchev–Trinajstić information content (AvgIpc) is 3.48. The highest BCUT2D eigenvalue weighted by Crippen LogP contribution is 2.31. The van der Waals surface area contributed by atoms with Crippen LogP contribution in [0.25, 0.3) is 0 Å². The minimum atomic E-state index is -0.656. The van der Waals surface area contributed by atoms with Crippen LogP contribution in [-0.2, 0) is 16.0 Å². The standard InChI is InChI=1S/C21H20FNO4/c1-12-8-18(22)17(10-15(12)11-19(24)13-6-7-13)20(25)23-16-5-3-4-14(9-16)21(26)27-2/h3-5,8-10,13H,6-7,11H2,1-2H3,(H,23,25). The number of hydrogen-bond donors (Lipinski definition) is 1. The van der Waals surface area contributed by atoms with Gasteiger partial charge in [-0.3, -0.25) is 9.59 Å². The van der Waals surface area contributed by atoms with Crippen LogP contribution in [0, 0.1) is 18.7 Å². The van der Waals surface area contributed by atoms with E-state index in [0.29, 0.717) is 16.8 Å². The minimum Gasteiger partial charge on any atom is -0.465 e. The van der Waals surface area contributed by atoms with E-state index in [1.807, 2.05) is 0 Å². The third kappa shape index (κ3) is 4.39. The number of ether oxygens (including phenoxy) is 1. The SMILES string of the molecule is COC(=O)c1cccc(NC(=O)c2cc(CC(=O)C3CC3)c(C)cc2F)c1. The van der Waals surface area contributed by atoms with Crippen LogP contribution in [0.3, 0.4) is 0 Å². The molecule has 2 aromatic rings. The van der Waals surface area contributed by atoms with Gasteiger partial charge < -0.3 is 10.1 Å². The zero-order chi connectivity index (χ0) is 19.6. The molecule has 0 radical (unpaired) electrons. The van der Waals surface area contributed by atoms with Crippen molar-refractivity contribution < 1.29 is 23.5 Å². The highest BCUT2D eigenvalue weighted by Gasteiger charge is 2.29. The molecule has 140 valence electrons. The van der Waals surface area contributed by atoms with Crippen molar-refractivity contribution in [2.45, 2.75) is 26.2 Å². The highest BCUT2D eigenvalue weighted by atomic mass is 19.1. The molecule has 2 aromatic carbocycles. The van der Waals surface area contributed by atoms with Crippen molar-refractivity contribution in [1.29, 1.82) is 0 Å². The molecule has 1 aliphatic carbocycles. The van der Waals surface area contributed by atoms with Gasteiger partial charge in [-0.05, 0) is 61.2 Å². The van der Waals surface area contributed by atoms with Gasteiger partial charge in [0, 0.05) is 18.0 Å². The van der Waals surface area contributed by atoms with Gasteiger partial charge in [-0.2, -0.15) is 0 Å². The molecular formula is C21H20FNO4. The van der Waals surface area contributed by atoms with Gasteiger partial charge in [-0.1, -0.05) is 6.07 Å². The van der Waals surface area contributed by atoms with Crippen LogP contribution in [0.2, 0.25) is 0 Å². The molecule has 0 spiro atoms. The number of aryl methyl sites for hydroxylation is 1. The predicted molar refractivity (Wildman–Crippen MR) is 98.3 cm³/mol. The molecular weight excluding hydrogens is 349 g/mol. The number of carbonyl (C=O) groups excluding carboxylic acids is 3. The van der Waals surface area contributed by atoms with Gasteiger partial charge in [-0.25, -0.2) is 9.18 Å². The third-order valence-corrected chi connectivity index (χ3v) is 4.61. The number of ketones is 1. The fraction of sp³-hybridized carbons (Fsp3) is 0.286. The number of halogens is 1. The molecule has 6 heteroatoms. The molecule has 0 aromatic heterocycles. The van der Waals surface area contributed by atoms with Crippen molar-refractivity contribution >= 4 is 23.3 Å². The molecule has 0 atom stereocenters. The van der Waals surface area contributed by atoms with Crippen LogP contribution in [0.1, 0.15) is 44.7 Å². The largest absolute Gasteiger partial charge is 0.465 e. The van der Waals surface area contributed by atoms with Crippen LogP contribution in [0.5, 0.6) is 0 Å². The fourth-order valence-electron chi connectivity index (χ4n) is 2.86. The summed E-state index contributed by atoms with van der Waals surface area (Å²) in [5, 5.41) is 2.58. The van der Waals surface area contributed by atoms with Crippen molar-refractivity contribution in [2.24, 2.45) is 5.92 Å². The second-order valence-corrected chi connectivity index (χ2v) is 6.70. The fourth-order valence-corrected chi connectivity index (χ4v) is 2.86. The zero-order valence-electron chi connectivity index (χ0n) is 15.2. The second-order valence-electron chi connectivity index (χ2n) is 6.70. The predicted octanol–water partition coefficient (Wildman–Crippen LogP) is 3.69. The van der Waals surface area contributed by atoms with E-state index in [1.54, 1.807) is 25.1 Å². The van der Waals surface area contributed by atoms with Crippen molar-refractivity contribution in [2.75, 3.05) is 12.4 Å². The monoisotopic (exact) mass is 369 g/mol. The van der Waals surface area contributed by atoms with Crippen molar-refractivity contribution in [3.05, 3.63) is 64.5 Å². The van der Waals surface area contributed by atoms with E-state index in [0.717, 1.165) is 12.8 Å². The summed E-state index contributed by atoms with van der Waals surface area (Å²) in [5.41, 5.74) is 1.78. The molecule has 1 N–H and O–H groups in total. The summed E-state index contributed by atoms with van der Waals surface area (Å²) in [6, 6.07) is 8.89. The first-order valence-electron chi connectivity index (χ1n) is 8.70. The number of methoxy groups -OCH3 is 1. The van der Waals surface area contributed by atoms with Crippen LogP contribution < -0.4 is 5.32 Å². The van der Waals surface area contributed by atoms with E-state index in [4.69, 9.17) is 0 Å². The second kappa shape index (κ2) is 7.70. The van der Waals surface area contributed by atoms with Crippen LogP contribution in [0.4, 0.5) is 10.1 Å². The van der Waals surface area contributed by atoms with Crippen LogP contribution >= 0.6 is 0 Å². The number of carbonyl (C=O) groups is 3. The average molecular weight is 369 g/mol. The topological polar surface area (TPSA) is 72.5 Å². The summed E-state index contributed by atoms with van der Waals surface area (Å²) in [4.78, 5) is 36.2. The Morgan fingerprint density at radius 3 is 2.59 bits per heavy atom. The zero-order valence-corrected chi connectivity index (χ0v) is 15.2. The number of hydrogen-bond acceptors (Lipinski definition) is 4. The van der Waals surface area contributed by atoms with Gasteiger partial charge in [0.05, 0.1) is 18.2 Å². The summed E-state index contributed by atoms with van der Waals surface area (Å²) in [5.74, 6) is -1.60. The summed E-state index contributed by atoms with van der Waals surface area (Å²) in [6.07, 6.45) is 2.01. The quantitative estimate of drug-likeness (QED) is 0.788. The Balaban J connectivity index is 1.81. The minimum absolute atomic E-state index is 0.104. The molecule has 5 nitrogen and oxygen atoms in total. The number of esters is 1. The van der Waals surface area contributed by atoms with Crippen molar-refractivity contribution in [3.63, 3.8) is 0 Å². The Hall–Kier alpha value is -3.02. The molecule has 1 saturated carbocycles. The normalized spacial score (nSPS) is 13.1. The molecule has 0 bridgehead atoms. The number of Topliss-reactive ketones (excluding diaryl/α,β-unsaturated/α-hetero) is 1. The smallest absolute Gasteiger partial charge is 0.337 e. The lowest BCUT2D eigenvalue weighted by Gasteiger charge is -2.11. The van der Waals surface area contributed by atoms with E-state index < -0.39 is 17.7 Å². The Labute approximate surface area is 156 Å². The number of benzene rings is 2. The van der Waals surface area contributed by atoms with Crippen LogP contribution in [-0.4, -0.2) is 24.8 Å². The summed E-state index contributed by atoms with van der Waals surface area (Å²) < 4.78 is 19.0. The number of nitrogens with one attached hydrogen (secondary N) is 1. The molecule has 0 unspecified atom stereocenters. The van der Waals surface area contributed by atoms with Gasteiger partial charge in [0.2, 0.25) is 0 Å². The lowest BCUT2D eigenvalue weighted by Crippen LogP contribution is -2.16. The van der Waals surface area contributed by atoms with Gasteiger partial charge in [0.15, 0.2) is 0 Å². The van der Waals surface area contributed by atoms with Gasteiger partial charge in [0.1, 0.15) is 11.6 Å². The molecule has 1 fully saturated rings. The first kappa shape index (κ1) is 18.8. The van der Waals surface area contributed by atoms with Gasteiger partial charge in [0.25, 0.3) is 5.91 Å². The van der Waals surface area contributed by atoms with E-state index in [1.165, 1.54) is 25.3 Å². The Morgan fingerprint density at radius 2 is 1.93 bits per heavy atom. The van der Waals surface area contributed by atoms with Gasteiger partial charge >= 0.3 is 5.97 Å². The molecule has 1 aliphatic rings. The van der Waals surface area contributed by atoms with E-state index in [-0.39, 0.29) is 29.2 Å². The molecule has 0 aliphatic heterocycles. The summed E-state index contributed by atoms with van der Waals surface area (Å²) in [6.45, 7) is 1.72. The van der Waals surface area contributed by atoms with E-state index >= 15 is 0 Å². The molecule has 1 amide bonds. The molecule has 27 heavy (non-hydrogen) atoms.